The summed E-state index contributed by atoms with van der Waals surface area (Å²) < 4.78 is 11.1. The molecular weight excluding hydrogens is 424 g/mol. The van der Waals surface area contributed by atoms with Crippen LogP contribution in [0.3, 0.4) is 0 Å². The van der Waals surface area contributed by atoms with Gasteiger partial charge in [-0.2, -0.15) is 0 Å². The third-order valence-corrected chi connectivity index (χ3v) is 5.52. The molecule has 8 heteroatoms. The lowest BCUT2D eigenvalue weighted by molar-refractivity contribution is -0.137. The van der Waals surface area contributed by atoms with E-state index in [4.69, 9.17) is 14.6 Å². The third kappa shape index (κ3) is 6.79. The highest BCUT2D eigenvalue weighted by Crippen LogP contribution is 2.44. The molecule has 33 heavy (non-hydrogen) atoms. The van der Waals surface area contributed by atoms with Gasteiger partial charge in [0.1, 0.15) is 6.61 Å². The fraction of sp³-hybridized carbons (Fsp3) is 0.400. The molecule has 0 aliphatic heterocycles. The first kappa shape index (κ1) is 24.3. The van der Waals surface area contributed by atoms with Crippen LogP contribution < -0.4 is 10.6 Å². The second kappa shape index (κ2) is 12.0. The fourth-order valence-corrected chi connectivity index (χ4v) is 4.02. The lowest BCUT2D eigenvalue weighted by Crippen LogP contribution is -2.38. The smallest absolute Gasteiger partial charge is 0.407 e. The Bertz CT molecular complexity index is 931. The molecule has 3 rings (SSSR count). The van der Waals surface area contributed by atoms with E-state index in [-0.39, 0.29) is 44.4 Å². The Morgan fingerprint density at radius 2 is 1.64 bits per heavy atom. The van der Waals surface area contributed by atoms with Crippen LogP contribution in [0.2, 0.25) is 0 Å². The Kier molecular flexibility index (Phi) is 8.83. The topological polar surface area (TPSA) is 114 Å². The molecule has 0 saturated heterocycles. The number of rotatable bonds is 12. The van der Waals surface area contributed by atoms with Crippen LogP contribution in [0.15, 0.2) is 48.5 Å². The number of alkyl carbamates (subject to hydrolysis) is 1. The number of ether oxygens (including phenoxy) is 2. The number of hydrogen-bond acceptors (Lipinski definition) is 5. The molecule has 1 aliphatic rings. The lowest BCUT2D eigenvalue weighted by atomic mass is 9.98. The van der Waals surface area contributed by atoms with Crippen LogP contribution in [0.5, 0.6) is 0 Å². The summed E-state index contributed by atoms with van der Waals surface area (Å²) in [7, 11) is 0. The second-order valence-electron chi connectivity index (χ2n) is 7.84. The summed E-state index contributed by atoms with van der Waals surface area (Å²) in [5.74, 6) is -1.18. The van der Waals surface area contributed by atoms with Crippen molar-refractivity contribution >= 4 is 18.0 Å². The van der Waals surface area contributed by atoms with E-state index in [2.05, 4.69) is 34.9 Å². The molecular formula is C25H30N2O6. The Labute approximate surface area is 193 Å². The van der Waals surface area contributed by atoms with E-state index >= 15 is 0 Å². The third-order valence-electron chi connectivity index (χ3n) is 5.52. The summed E-state index contributed by atoms with van der Waals surface area (Å²) in [4.78, 5) is 34.9. The maximum atomic E-state index is 12.3. The van der Waals surface area contributed by atoms with Crippen molar-refractivity contribution in [1.29, 1.82) is 0 Å². The minimum absolute atomic E-state index is 0.00148. The monoisotopic (exact) mass is 454 g/mol. The van der Waals surface area contributed by atoms with Crippen LogP contribution in [0, 0.1) is 0 Å². The Balaban J connectivity index is 1.47. The molecule has 1 unspecified atom stereocenters. The van der Waals surface area contributed by atoms with Gasteiger partial charge in [-0.25, -0.2) is 4.79 Å². The number of nitrogens with one attached hydrogen (secondary N) is 2. The number of hydrogen-bond donors (Lipinski definition) is 3. The van der Waals surface area contributed by atoms with E-state index in [1.165, 1.54) is 0 Å². The normalized spacial score (nSPS) is 13.0. The maximum absolute atomic E-state index is 12.3. The average Bonchev–Trinajstić information content (AvgIpc) is 3.13. The molecule has 0 spiro atoms. The number of carbonyl (C=O) groups excluding carboxylic acids is 2. The number of benzene rings is 2. The van der Waals surface area contributed by atoms with Crippen molar-refractivity contribution in [2.75, 3.05) is 26.3 Å². The Hall–Kier alpha value is -3.39. The van der Waals surface area contributed by atoms with Crippen molar-refractivity contribution < 1.29 is 29.0 Å². The van der Waals surface area contributed by atoms with E-state index in [9.17, 15) is 14.4 Å². The molecule has 0 saturated carbocycles. The SMILES string of the molecule is CCOC(CNC(=O)OCC1c2ccccc2-c2ccccc21)CC(=O)NCCCC(=O)O. The zero-order valence-electron chi connectivity index (χ0n) is 18.7. The predicted molar refractivity (Wildman–Crippen MR) is 123 cm³/mol. The van der Waals surface area contributed by atoms with Gasteiger partial charge >= 0.3 is 12.1 Å². The van der Waals surface area contributed by atoms with E-state index in [0.29, 0.717) is 13.0 Å². The molecule has 3 N–H and O–H groups in total. The Morgan fingerprint density at radius 3 is 2.24 bits per heavy atom. The van der Waals surface area contributed by atoms with Crippen molar-refractivity contribution in [1.82, 2.24) is 10.6 Å². The van der Waals surface area contributed by atoms with Gasteiger partial charge in [0, 0.05) is 32.0 Å². The van der Waals surface area contributed by atoms with Crippen molar-refractivity contribution in [2.24, 2.45) is 0 Å². The molecule has 0 aromatic heterocycles. The Morgan fingerprint density at radius 1 is 1.00 bits per heavy atom. The quantitative estimate of drug-likeness (QED) is 0.424. The van der Waals surface area contributed by atoms with Gasteiger partial charge in [0.2, 0.25) is 5.91 Å². The van der Waals surface area contributed by atoms with Gasteiger partial charge in [-0.1, -0.05) is 48.5 Å². The fourth-order valence-electron chi connectivity index (χ4n) is 4.02. The number of amides is 2. The number of carboxylic acid groups (broad SMARTS) is 1. The van der Waals surface area contributed by atoms with Gasteiger partial charge < -0.3 is 25.2 Å². The van der Waals surface area contributed by atoms with Gasteiger partial charge in [0.25, 0.3) is 0 Å². The molecule has 0 fully saturated rings. The number of aliphatic carboxylic acids is 1. The second-order valence-corrected chi connectivity index (χ2v) is 7.84. The summed E-state index contributed by atoms with van der Waals surface area (Å²) >= 11 is 0. The first-order valence-electron chi connectivity index (χ1n) is 11.2. The van der Waals surface area contributed by atoms with Crippen LogP contribution in [-0.2, 0) is 19.1 Å². The van der Waals surface area contributed by atoms with Crippen molar-refractivity contribution in [2.45, 2.75) is 38.2 Å². The molecule has 0 bridgehead atoms. The maximum Gasteiger partial charge on any atom is 0.407 e. The average molecular weight is 455 g/mol. The first-order valence-corrected chi connectivity index (χ1v) is 11.2. The van der Waals surface area contributed by atoms with E-state index in [1.54, 1.807) is 0 Å². The zero-order valence-corrected chi connectivity index (χ0v) is 18.7. The van der Waals surface area contributed by atoms with Crippen molar-refractivity contribution in [3.8, 4) is 11.1 Å². The molecule has 2 aromatic carbocycles. The summed E-state index contributed by atoms with van der Waals surface area (Å²) in [6.45, 7) is 2.83. The number of carboxylic acids is 1. The highest BCUT2D eigenvalue weighted by atomic mass is 16.5. The summed E-state index contributed by atoms with van der Waals surface area (Å²) in [5, 5.41) is 14.0. The van der Waals surface area contributed by atoms with E-state index in [0.717, 1.165) is 22.3 Å². The van der Waals surface area contributed by atoms with Crippen LogP contribution in [0.4, 0.5) is 4.79 Å². The molecule has 2 amide bonds. The van der Waals surface area contributed by atoms with Gasteiger partial charge in [-0.15, -0.1) is 0 Å². The lowest BCUT2D eigenvalue weighted by Gasteiger charge is -2.18. The van der Waals surface area contributed by atoms with Crippen LogP contribution in [-0.4, -0.2) is 55.5 Å². The van der Waals surface area contributed by atoms with Crippen LogP contribution in [0.1, 0.15) is 43.2 Å². The molecule has 0 heterocycles. The number of fused-ring (bicyclic) bond motifs is 3. The highest BCUT2D eigenvalue weighted by molar-refractivity contribution is 5.79. The van der Waals surface area contributed by atoms with E-state index < -0.39 is 18.2 Å². The van der Waals surface area contributed by atoms with Gasteiger partial charge in [0.05, 0.1) is 12.5 Å². The van der Waals surface area contributed by atoms with Gasteiger partial charge in [-0.3, -0.25) is 9.59 Å². The van der Waals surface area contributed by atoms with Crippen LogP contribution in [0.25, 0.3) is 11.1 Å². The molecule has 1 atom stereocenters. The largest absolute Gasteiger partial charge is 0.481 e. The number of carbonyl (C=O) groups is 3. The molecule has 8 nitrogen and oxygen atoms in total. The summed E-state index contributed by atoms with van der Waals surface area (Å²) in [5.41, 5.74) is 4.59. The minimum Gasteiger partial charge on any atom is -0.481 e. The van der Waals surface area contributed by atoms with Crippen molar-refractivity contribution in [3.05, 3.63) is 59.7 Å². The van der Waals surface area contributed by atoms with Crippen LogP contribution >= 0.6 is 0 Å². The van der Waals surface area contributed by atoms with Gasteiger partial charge in [0.15, 0.2) is 0 Å². The van der Waals surface area contributed by atoms with Gasteiger partial charge in [-0.05, 0) is 35.6 Å². The minimum atomic E-state index is -0.899. The molecule has 2 aromatic rings. The van der Waals surface area contributed by atoms with Crippen molar-refractivity contribution in [3.63, 3.8) is 0 Å². The standard InChI is InChI=1S/C25H30N2O6/c1-2-32-17(14-23(28)26-13-7-12-24(29)30)15-27-25(31)33-16-22-20-10-5-3-8-18(20)19-9-4-6-11-21(19)22/h3-6,8-11,17,22H,2,7,12-16H2,1H3,(H,26,28)(H,27,31)(H,29,30). The first-order chi connectivity index (χ1) is 16.0. The van der Waals surface area contributed by atoms with E-state index in [1.807, 2.05) is 31.2 Å². The molecule has 176 valence electrons. The molecule has 0 radical (unpaired) electrons. The zero-order chi connectivity index (χ0) is 23.6. The molecule has 1 aliphatic carbocycles. The summed E-state index contributed by atoms with van der Waals surface area (Å²) in [6.07, 6.45) is -0.653. The highest BCUT2D eigenvalue weighted by Gasteiger charge is 2.29. The predicted octanol–water partition coefficient (Wildman–Crippen LogP) is 3.30. The summed E-state index contributed by atoms with van der Waals surface area (Å²) in [6, 6.07) is 16.2.